The van der Waals surface area contributed by atoms with Crippen molar-refractivity contribution in [3.8, 4) is 0 Å². The molecule has 2 saturated heterocycles. The average molecular weight is 756 g/mol. The second kappa shape index (κ2) is 17.9. The fourth-order valence-corrected chi connectivity index (χ4v) is 6.81. The van der Waals surface area contributed by atoms with E-state index in [2.05, 4.69) is 30.9 Å². The summed E-state index contributed by atoms with van der Waals surface area (Å²) in [5.74, 6) is -0.915. The molecule has 1 saturated carbocycles. The van der Waals surface area contributed by atoms with E-state index in [9.17, 15) is 35.1 Å². The van der Waals surface area contributed by atoms with Gasteiger partial charge in [-0.1, -0.05) is 0 Å². The van der Waals surface area contributed by atoms with Gasteiger partial charge in [-0.05, 0) is 25.7 Å². The van der Waals surface area contributed by atoms with Gasteiger partial charge >= 0.3 is 0 Å². The lowest BCUT2D eigenvalue weighted by atomic mass is 9.82. The highest BCUT2D eigenvalue weighted by Crippen LogP contribution is 2.32. The zero-order valence-corrected chi connectivity index (χ0v) is 29.0. The minimum atomic E-state index is -1.52. The summed E-state index contributed by atoms with van der Waals surface area (Å²) >= 11 is 0. The summed E-state index contributed by atoms with van der Waals surface area (Å²) in [5.41, 5.74) is 36.6. The topological polar surface area (TPSA) is 399 Å². The molecule has 4 heterocycles. The summed E-state index contributed by atoms with van der Waals surface area (Å²) in [6.07, 6.45) is -8.16. The van der Waals surface area contributed by atoms with Gasteiger partial charge in [-0.2, -0.15) is 0 Å². The molecular formula is C30H53N13O10. The van der Waals surface area contributed by atoms with Gasteiger partial charge in [0.25, 0.3) is 5.91 Å². The predicted molar refractivity (Wildman–Crippen MR) is 184 cm³/mol. The van der Waals surface area contributed by atoms with E-state index < -0.39 is 103 Å². The number of unbranched alkanes of at least 4 members (excludes halogenated alkanes) is 1. The van der Waals surface area contributed by atoms with Crippen LogP contribution in [0.25, 0.3) is 11.2 Å². The van der Waals surface area contributed by atoms with Gasteiger partial charge in [-0.25, -0.2) is 15.0 Å². The summed E-state index contributed by atoms with van der Waals surface area (Å²) in [4.78, 5) is 37.5. The highest BCUT2D eigenvalue weighted by molar-refractivity contribution is 5.83. The lowest BCUT2D eigenvalue weighted by Crippen LogP contribution is -2.70. The van der Waals surface area contributed by atoms with Gasteiger partial charge in [-0.3, -0.25) is 14.2 Å². The Morgan fingerprint density at radius 3 is 2.42 bits per heavy atom. The number of nitrogens with zero attached hydrogens (tertiary/aromatic N) is 4. The monoisotopic (exact) mass is 755 g/mol. The van der Waals surface area contributed by atoms with Crippen molar-refractivity contribution in [3.63, 3.8) is 0 Å². The summed E-state index contributed by atoms with van der Waals surface area (Å²) in [7, 11) is 0. The Labute approximate surface area is 304 Å². The quantitative estimate of drug-likeness (QED) is 0.0750. The van der Waals surface area contributed by atoms with Gasteiger partial charge in [0.05, 0.1) is 36.7 Å². The molecule has 23 nitrogen and oxygen atoms in total. The van der Waals surface area contributed by atoms with Gasteiger partial charge in [0.15, 0.2) is 30.1 Å². The number of aliphatic hydroxyl groups is 5. The maximum Gasteiger partial charge on any atom is 0.252 e. The Bertz CT molecular complexity index is 1520. The van der Waals surface area contributed by atoms with Crippen molar-refractivity contribution < 1.29 is 49.3 Å². The van der Waals surface area contributed by atoms with E-state index in [1.807, 2.05) is 0 Å². The van der Waals surface area contributed by atoms with Crippen LogP contribution in [0.5, 0.6) is 0 Å². The standard InChI is InChI=1S/C30H53N13O10/c31-8-14-19(45)20(46)15(35)30(51-14)53-23-13(34)7-12(33)18(44)16(23)37-5-6-39-27(49)11(32)3-1-2-4-38-28(50)24-21(47)22(48)29(52-24)43-10-42-17-25(36)40-9-41-26(17)43/h9-16,18-24,29-30,37,44-48H,1-8,31-35H2,(H,38,50)(H,39,49)(H2,36,40,41)/t11-,12+,13-,14+,15+,16-,18-,19+,20+,21-,22+,23+,24-,29+,30+/m0/s1. The summed E-state index contributed by atoms with van der Waals surface area (Å²) < 4.78 is 18.8. The van der Waals surface area contributed by atoms with Crippen LogP contribution in [0.4, 0.5) is 5.82 Å². The summed E-state index contributed by atoms with van der Waals surface area (Å²) in [6, 6.07) is -4.07. The second-order valence-electron chi connectivity index (χ2n) is 13.7. The molecule has 2 aliphatic heterocycles. The fraction of sp³-hybridized carbons (Fsp3) is 0.767. The van der Waals surface area contributed by atoms with Crippen LogP contribution in [0.3, 0.4) is 0 Å². The summed E-state index contributed by atoms with van der Waals surface area (Å²) in [5, 5.41) is 61.1. The number of amides is 2. The molecule has 298 valence electrons. The predicted octanol–water partition coefficient (Wildman–Crippen LogP) is -7.75. The molecule has 3 aliphatic rings. The van der Waals surface area contributed by atoms with Crippen LogP contribution in [0, 0.1) is 0 Å². The second-order valence-corrected chi connectivity index (χ2v) is 13.7. The third kappa shape index (κ3) is 9.00. The minimum absolute atomic E-state index is 0.0949. The Morgan fingerprint density at radius 2 is 1.68 bits per heavy atom. The lowest BCUT2D eigenvalue weighted by molar-refractivity contribution is -0.279. The van der Waals surface area contributed by atoms with Crippen LogP contribution in [0.1, 0.15) is 31.9 Å². The normalized spacial score (nSPS) is 36.7. The number of anilines is 1. The van der Waals surface area contributed by atoms with E-state index in [0.29, 0.717) is 19.3 Å². The van der Waals surface area contributed by atoms with Gasteiger partial charge in [0.1, 0.15) is 42.4 Å². The van der Waals surface area contributed by atoms with Crippen LogP contribution >= 0.6 is 0 Å². The van der Waals surface area contributed by atoms with E-state index in [1.54, 1.807) is 0 Å². The molecule has 23 heteroatoms. The van der Waals surface area contributed by atoms with E-state index >= 15 is 0 Å². The minimum Gasteiger partial charge on any atom is -0.390 e. The van der Waals surface area contributed by atoms with Crippen LogP contribution in [0.2, 0.25) is 0 Å². The SMILES string of the molecule is NC[C@H]1O[C@H](O[C@H]2[C@@H](NCCNC(=O)[C@@H](N)CCCCNC(=O)[C@H]3O[C@@H](n4cnc5c(N)ncnc54)[C@H](O)[C@@H]3O)[C@@H](O)[C@H](N)C[C@@H]2N)[C@H](N)[C@@H](O)[C@@H]1O. The van der Waals surface area contributed by atoms with Gasteiger partial charge in [0.2, 0.25) is 5.91 Å². The first kappa shape index (κ1) is 40.9. The molecule has 0 spiro atoms. The van der Waals surface area contributed by atoms with E-state index in [1.165, 1.54) is 17.2 Å². The molecule has 0 bridgehead atoms. The van der Waals surface area contributed by atoms with Gasteiger partial charge in [0, 0.05) is 38.3 Å². The molecule has 2 amide bonds. The number of aliphatic hydroxyl groups excluding tert-OH is 5. The van der Waals surface area contributed by atoms with Crippen LogP contribution in [0.15, 0.2) is 12.7 Å². The molecule has 0 radical (unpaired) electrons. The van der Waals surface area contributed by atoms with Crippen LogP contribution < -0.4 is 50.4 Å². The van der Waals surface area contributed by atoms with Crippen molar-refractivity contribution in [3.05, 3.63) is 12.7 Å². The number of ether oxygens (including phenoxy) is 3. The molecule has 20 N–H and O–H groups in total. The third-order valence-corrected chi connectivity index (χ3v) is 9.94. The number of nitrogens with two attached hydrogens (primary N) is 6. The maximum atomic E-state index is 12.8. The molecular weight excluding hydrogens is 702 g/mol. The number of hydrogen-bond acceptors (Lipinski definition) is 20. The molecule has 1 aliphatic carbocycles. The number of fused-ring (bicyclic) bond motifs is 1. The Morgan fingerprint density at radius 1 is 0.925 bits per heavy atom. The zero-order valence-electron chi connectivity index (χ0n) is 29.0. The highest BCUT2D eigenvalue weighted by Gasteiger charge is 2.49. The Hall–Kier alpha value is -3.27. The zero-order chi connectivity index (χ0) is 38.6. The first-order valence-electron chi connectivity index (χ1n) is 17.6. The van der Waals surface area contributed by atoms with Crippen molar-refractivity contribution in [2.45, 2.75) is 117 Å². The van der Waals surface area contributed by atoms with E-state index in [-0.39, 0.29) is 49.6 Å². The van der Waals surface area contributed by atoms with Crippen molar-refractivity contribution >= 4 is 28.8 Å². The van der Waals surface area contributed by atoms with Crippen LogP contribution in [-0.4, -0.2) is 168 Å². The van der Waals surface area contributed by atoms with Crippen molar-refractivity contribution in [2.75, 3.05) is 31.9 Å². The van der Waals surface area contributed by atoms with E-state index in [4.69, 9.17) is 48.6 Å². The number of rotatable bonds is 15. The number of imidazole rings is 1. The lowest BCUT2D eigenvalue weighted by Gasteiger charge is -2.47. The molecule has 5 rings (SSSR count). The number of carbonyl (C=O) groups is 2. The number of aromatic nitrogens is 4. The molecule has 2 aromatic heterocycles. The molecule has 2 aromatic rings. The smallest absolute Gasteiger partial charge is 0.252 e. The molecule has 15 atom stereocenters. The van der Waals surface area contributed by atoms with Gasteiger partial charge < -0.3 is 90.1 Å². The van der Waals surface area contributed by atoms with Crippen molar-refractivity contribution in [1.29, 1.82) is 0 Å². The van der Waals surface area contributed by atoms with Crippen LogP contribution in [-0.2, 0) is 23.8 Å². The van der Waals surface area contributed by atoms with Crippen molar-refractivity contribution in [2.24, 2.45) is 28.7 Å². The maximum absolute atomic E-state index is 12.8. The summed E-state index contributed by atoms with van der Waals surface area (Å²) in [6.45, 7) is 0.415. The van der Waals surface area contributed by atoms with Gasteiger partial charge in [-0.15, -0.1) is 0 Å². The highest BCUT2D eigenvalue weighted by atomic mass is 16.7. The average Bonchev–Trinajstić information content (AvgIpc) is 3.70. The Kier molecular flexibility index (Phi) is 13.8. The number of nitrogen functional groups attached to an aromatic ring is 1. The third-order valence-electron chi connectivity index (χ3n) is 9.94. The molecule has 53 heavy (non-hydrogen) atoms. The molecule has 0 unspecified atom stereocenters. The van der Waals surface area contributed by atoms with Crippen molar-refractivity contribution in [1.82, 2.24) is 35.5 Å². The van der Waals surface area contributed by atoms with E-state index in [0.717, 1.165) is 0 Å². The number of hydrogen-bond donors (Lipinski definition) is 14. The fourth-order valence-electron chi connectivity index (χ4n) is 6.81. The first-order valence-corrected chi connectivity index (χ1v) is 17.6. The molecule has 3 fully saturated rings. The largest absolute Gasteiger partial charge is 0.390 e. The molecule has 0 aromatic carbocycles. The first-order chi connectivity index (χ1) is 25.2. The number of nitrogens with one attached hydrogen (secondary N) is 3. The number of carbonyl (C=O) groups excluding carboxylic acids is 2. The Balaban J connectivity index is 1.01.